The molecule has 0 unspecified atom stereocenters. The maximum Gasteiger partial charge on any atom is 0.231 e. The lowest BCUT2D eigenvalue weighted by atomic mass is 10.1. The fourth-order valence-electron chi connectivity index (χ4n) is 3.50. The Balaban J connectivity index is 1.36. The van der Waals surface area contributed by atoms with Gasteiger partial charge in [-0.3, -0.25) is 4.79 Å². The summed E-state index contributed by atoms with van der Waals surface area (Å²) in [7, 11) is 0. The first kappa shape index (κ1) is 16.0. The molecule has 0 atom stereocenters. The van der Waals surface area contributed by atoms with Crippen LogP contribution in [-0.2, 0) is 4.79 Å². The molecule has 0 saturated heterocycles. The standard InChI is InChI=1S/C20H15N5OS/c26-16(9-27-20-18-19(22-10-21-18)23-11-24-20)25-17-14-7-3-1-5-12(14)13-6-2-4-8-15(13)17/h1-8,10-11,17H,9H2,(H,25,26)(H,21,22,23,24). The van der Waals surface area contributed by atoms with Crippen LogP contribution in [-0.4, -0.2) is 31.6 Å². The van der Waals surface area contributed by atoms with Crippen molar-refractivity contribution in [1.82, 2.24) is 25.3 Å². The van der Waals surface area contributed by atoms with Gasteiger partial charge in [0.2, 0.25) is 5.91 Å². The highest BCUT2D eigenvalue weighted by Gasteiger charge is 2.29. The summed E-state index contributed by atoms with van der Waals surface area (Å²) in [5.41, 5.74) is 5.99. The zero-order valence-electron chi connectivity index (χ0n) is 14.2. The highest BCUT2D eigenvalue weighted by Crippen LogP contribution is 2.43. The van der Waals surface area contributed by atoms with Gasteiger partial charge in [-0.05, 0) is 22.3 Å². The Labute approximate surface area is 159 Å². The van der Waals surface area contributed by atoms with Crippen molar-refractivity contribution in [3.05, 3.63) is 72.3 Å². The van der Waals surface area contributed by atoms with Gasteiger partial charge >= 0.3 is 0 Å². The number of nitrogens with one attached hydrogen (secondary N) is 2. The average Bonchev–Trinajstić information content (AvgIpc) is 3.31. The summed E-state index contributed by atoms with van der Waals surface area (Å²) >= 11 is 1.37. The first-order chi connectivity index (χ1) is 13.3. The number of benzene rings is 2. The largest absolute Gasteiger partial charge is 0.344 e. The lowest BCUT2D eigenvalue weighted by molar-refractivity contribution is -0.119. The van der Waals surface area contributed by atoms with Gasteiger partial charge in [-0.15, -0.1) is 0 Å². The first-order valence-corrected chi connectivity index (χ1v) is 9.54. The van der Waals surface area contributed by atoms with Crippen molar-refractivity contribution in [3.63, 3.8) is 0 Å². The second kappa shape index (κ2) is 6.51. The van der Waals surface area contributed by atoms with Gasteiger partial charge in [-0.1, -0.05) is 60.3 Å². The van der Waals surface area contributed by atoms with E-state index in [2.05, 4.69) is 49.5 Å². The van der Waals surface area contributed by atoms with Crippen molar-refractivity contribution >= 4 is 28.8 Å². The van der Waals surface area contributed by atoms with Crippen molar-refractivity contribution in [2.45, 2.75) is 11.1 Å². The van der Waals surface area contributed by atoms with Crippen LogP contribution in [0.5, 0.6) is 0 Å². The van der Waals surface area contributed by atoms with Crippen molar-refractivity contribution in [2.24, 2.45) is 0 Å². The predicted molar refractivity (Wildman–Crippen MR) is 104 cm³/mol. The Morgan fingerprint density at radius 1 is 1.00 bits per heavy atom. The van der Waals surface area contributed by atoms with Gasteiger partial charge in [0.25, 0.3) is 0 Å². The zero-order chi connectivity index (χ0) is 18.2. The Morgan fingerprint density at radius 2 is 1.70 bits per heavy atom. The summed E-state index contributed by atoms with van der Waals surface area (Å²) in [4.78, 5) is 28.2. The number of aromatic nitrogens is 4. The van der Waals surface area contributed by atoms with E-state index in [1.165, 1.54) is 29.2 Å². The molecule has 1 aliphatic rings. The van der Waals surface area contributed by atoms with Crippen LogP contribution < -0.4 is 5.32 Å². The average molecular weight is 373 g/mol. The molecule has 6 nitrogen and oxygen atoms in total. The monoisotopic (exact) mass is 373 g/mol. The minimum absolute atomic E-state index is 0.0391. The van der Waals surface area contributed by atoms with Gasteiger partial charge in [-0.2, -0.15) is 0 Å². The number of carbonyl (C=O) groups excluding carboxylic acids is 1. The Bertz CT molecular complexity index is 1110. The van der Waals surface area contributed by atoms with Gasteiger partial charge < -0.3 is 10.3 Å². The summed E-state index contributed by atoms with van der Waals surface area (Å²) in [5, 5.41) is 3.90. The third-order valence-electron chi connectivity index (χ3n) is 4.67. The molecule has 2 aromatic heterocycles. The number of amides is 1. The van der Waals surface area contributed by atoms with E-state index in [1.807, 2.05) is 24.3 Å². The Hall–Kier alpha value is -3.19. The van der Waals surface area contributed by atoms with Gasteiger partial charge in [0.05, 0.1) is 18.1 Å². The molecule has 2 aromatic carbocycles. The summed E-state index contributed by atoms with van der Waals surface area (Å²) in [6.45, 7) is 0. The van der Waals surface area contributed by atoms with Crippen LogP contribution in [0, 0.1) is 0 Å². The van der Waals surface area contributed by atoms with E-state index in [0.29, 0.717) is 5.65 Å². The molecule has 5 rings (SSSR count). The van der Waals surface area contributed by atoms with Crippen molar-refractivity contribution in [3.8, 4) is 11.1 Å². The molecule has 0 saturated carbocycles. The number of hydrogen-bond donors (Lipinski definition) is 2. The Kier molecular flexibility index (Phi) is 3.86. The molecule has 1 amide bonds. The van der Waals surface area contributed by atoms with E-state index >= 15 is 0 Å². The first-order valence-electron chi connectivity index (χ1n) is 8.56. The summed E-state index contributed by atoms with van der Waals surface area (Å²) in [6, 6.07) is 16.3. The van der Waals surface area contributed by atoms with Crippen LogP contribution >= 0.6 is 11.8 Å². The van der Waals surface area contributed by atoms with E-state index in [4.69, 9.17) is 0 Å². The third kappa shape index (κ3) is 2.76. The molecule has 0 bridgehead atoms. The molecule has 2 N–H and O–H groups in total. The van der Waals surface area contributed by atoms with Crippen LogP contribution in [0.1, 0.15) is 17.2 Å². The number of nitrogens with zero attached hydrogens (tertiary/aromatic N) is 3. The van der Waals surface area contributed by atoms with Crippen LogP contribution in [0.3, 0.4) is 0 Å². The molecule has 0 fully saturated rings. The normalized spacial score (nSPS) is 12.7. The van der Waals surface area contributed by atoms with Crippen LogP contribution in [0.25, 0.3) is 22.3 Å². The van der Waals surface area contributed by atoms with E-state index < -0.39 is 0 Å². The van der Waals surface area contributed by atoms with Gasteiger partial charge in [0, 0.05) is 0 Å². The number of thioether (sulfide) groups is 1. The fourth-order valence-corrected chi connectivity index (χ4v) is 4.27. The van der Waals surface area contributed by atoms with Crippen LogP contribution in [0.15, 0.2) is 66.2 Å². The van der Waals surface area contributed by atoms with Gasteiger partial charge in [-0.25, -0.2) is 15.0 Å². The van der Waals surface area contributed by atoms with Crippen LogP contribution in [0.4, 0.5) is 0 Å². The zero-order valence-corrected chi connectivity index (χ0v) is 15.0. The number of hydrogen-bond acceptors (Lipinski definition) is 5. The SMILES string of the molecule is O=C(CSc1ncnc2nc[nH]c12)NC1c2ccccc2-c2ccccc21. The topological polar surface area (TPSA) is 83.6 Å². The number of fused-ring (bicyclic) bond motifs is 4. The molecule has 4 aromatic rings. The maximum atomic E-state index is 12.7. The Morgan fingerprint density at radius 3 is 2.44 bits per heavy atom. The highest BCUT2D eigenvalue weighted by atomic mass is 32.2. The number of aromatic amines is 1. The van der Waals surface area contributed by atoms with E-state index in [9.17, 15) is 4.79 Å². The number of rotatable bonds is 4. The highest BCUT2D eigenvalue weighted by molar-refractivity contribution is 8.00. The van der Waals surface area contributed by atoms with Gasteiger partial charge in [0.1, 0.15) is 16.9 Å². The minimum atomic E-state index is -0.122. The summed E-state index contributed by atoms with van der Waals surface area (Å²) in [5.74, 6) is 0.231. The quantitative estimate of drug-likeness (QED) is 0.423. The summed E-state index contributed by atoms with van der Waals surface area (Å²) in [6.07, 6.45) is 3.04. The van der Waals surface area contributed by atoms with Crippen LogP contribution in [0.2, 0.25) is 0 Å². The second-order valence-electron chi connectivity index (χ2n) is 6.24. The summed E-state index contributed by atoms with van der Waals surface area (Å²) < 4.78 is 0. The molecule has 1 aliphatic carbocycles. The second-order valence-corrected chi connectivity index (χ2v) is 7.21. The molecular weight excluding hydrogens is 358 g/mol. The van der Waals surface area contributed by atoms with E-state index in [-0.39, 0.29) is 17.7 Å². The van der Waals surface area contributed by atoms with Gasteiger partial charge in [0.15, 0.2) is 5.65 Å². The molecule has 7 heteroatoms. The molecule has 27 heavy (non-hydrogen) atoms. The molecule has 132 valence electrons. The molecule has 2 heterocycles. The van der Waals surface area contributed by atoms with E-state index in [0.717, 1.165) is 21.7 Å². The lowest BCUT2D eigenvalue weighted by Crippen LogP contribution is -2.29. The fraction of sp³-hybridized carbons (Fsp3) is 0.100. The number of carbonyl (C=O) groups is 1. The van der Waals surface area contributed by atoms with Crippen molar-refractivity contribution in [1.29, 1.82) is 0 Å². The molecule has 0 radical (unpaired) electrons. The third-order valence-corrected chi connectivity index (χ3v) is 5.66. The molecule has 0 aliphatic heterocycles. The smallest absolute Gasteiger partial charge is 0.231 e. The molecule has 0 spiro atoms. The molecular formula is C20H15N5OS. The predicted octanol–water partition coefficient (Wildman–Crippen LogP) is 3.33. The lowest BCUT2D eigenvalue weighted by Gasteiger charge is -2.15. The van der Waals surface area contributed by atoms with Crippen molar-refractivity contribution < 1.29 is 4.79 Å². The maximum absolute atomic E-state index is 12.7. The minimum Gasteiger partial charge on any atom is -0.344 e. The van der Waals surface area contributed by atoms with E-state index in [1.54, 1.807) is 6.33 Å². The number of H-pyrrole nitrogens is 1. The van der Waals surface area contributed by atoms with Crippen molar-refractivity contribution in [2.75, 3.05) is 5.75 Å². The number of imidazole rings is 1.